The Balaban J connectivity index is 2.17. The van der Waals surface area contributed by atoms with E-state index < -0.39 is 6.04 Å². The van der Waals surface area contributed by atoms with E-state index in [4.69, 9.17) is 0 Å². The van der Waals surface area contributed by atoms with Gasteiger partial charge in [-0.2, -0.15) is 0 Å². The van der Waals surface area contributed by atoms with Crippen molar-refractivity contribution in [1.82, 2.24) is 9.88 Å². The van der Waals surface area contributed by atoms with Gasteiger partial charge in [-0.15, -0.1) is 0 Å². The molecule has 0 saturated carbocycles. The number of aromatic nitrogens is 1. The lowest BCUT2D eigenvalue weighted by molar-refractivity contribution is 0.0674. The Morgan fingerprint density at radius 1 is 1.14 bits per heavy atom. The van der Waals surface area contributed by atoms with E-state index in [1.165, 1.54) is 11.1 Å². The summed E-state index contributed by atoms with van der Waals surface area (Å²) in [5.41, 5.74) is 2.14. The molecule has 2 aromatic rings. The minimum Gasteiger partial charge on any atom is -0.332 e. The van der Waals surface area contributed by atoms with Crippen LogP contribution < -0.4 is 0 Å². The number of rotatable bonds is 4. The first-order chi connectivity index (χ1) is 10.4. The number of hydrogen-bond donors (Lipinski definition) is 0. The Labute approximate surface area is 138 Å². The van der Waals surface area contributed by atoms with Crippen LogP contribution in [-0.2, 0) is 0 Å². The smallest absolute Gasteiger partial charge is 0.255 e. The predicted molar refractivity (Wildman–Crippen MR) is 89.0 cm³/mol. The van der Waals surface area contributed by atoms with Crippen LogP contribution >= 0.6 is 15.9 Å². The van der Waals surface area contributed by atoms with Gasteiger partial charge in [-0.3, -0.25) is 14.6 Å². The van der Waals surface area contributed by atoms with Crippen LogP contribution in [0.15, 0.2) is 47.2 Å². The third-order valence-corrected chi connectivity index (χ3v) is 4.00. The molecule has 1 aromatic carbocycles. The Morgan fingerprint density at radius 2 is 1.77 bits per heavy atom. The standard InChI is InChI=1S/C17H17BrN2O2/c1-11-4-6-13(7-5-11)16(21)12(2)20(3)17(22)14-8-15(18)10-19-9-14/h4-10,12H,1-3H3. The highest BCUT2D eigenvalue weighted by Crippen LogP contribution is 2.15. The fourth-order valence-electron chi connectivity index (χ4n) is 2.04. The number of pyridine rings is 1. The van der Waals surface area contributed by atoms with E-state index in [1.807, 2.05) is 19.1 Å². The number of halogens is 1. The summed E-state index contributed by atoms with van der Waals surface area (Å²) in [4.78, 5) is 30.3. The molecule has 5 heteroatoms. The SMILES string of the molecule is Cc1ccc(C(=O)C(C)N(C)C(=O)c2cncc(Br)c2)cc1. The van der Waals surface area contributed by atoms with Crippen molar-refractivity contribution in [3.05, 3.63) is 63.9 Å². The summed E-state index contributed by atoms with van der Waals surface area (Å²) in [5.74, 6) is -0.319. The Bertz CT molecular complexity index is 698. The van der Waals surface area contributed by atoms with Crippen LogP contribution in [0.3, 0.4) is 0 Å². The number of hydrogen-bond acceptors (Lipinski definition) is 3. The number of aryl methyl sites for hydroxylation is 1. The minimum atomic E-state index is -0.547. The number of carbonyl (C=O) groups is 2. The lowest BCUT2D eigenvalue weighted by Crippen LogP contribution is -2.40. The second-order valence-corrected chi connectivity index (χ2v) is 6.13. The molecule has 1 aromatic heterocycles. The molecule has 1 unspecified atom stereocenters. The Hall–Kier alpha value is -2.01. The van der Waals surface area contributed by atoms with Crippen molar-refractivity contribution in [3.8, 4) is 0 Å². The topological polar surface area (TPSA) is 50.3 Å². The van der Waals surface area contributed by atoms with Gasteiger partial charge in [-0.05, 0) is 35.8 Å². The van der Waals surface area contributed by atoms with Gasteiger partial charge in [-0.25, -0.2) is 0 Å². The van der Waals surface area contributed by atoms with Crippen molar-refractivity contribution >= 4 is 27.6 Å². The zero-order valence-corrected chi connectivity index (χ0v) is 14.3. The van der Waals surface area contributed by atoms with E-state index >= 15 is 0 Å². The van der Waals surface area contributed by atoms with Gasteiger partial charge >= 0.3 is 0 Å². The van der Waals surface area contributed by atoms with Crippen LogP contribution in [0.1, 0.15) is 33.2 Å². The first-order valence-electron chi connectivity index (χ1n) is 6.88. The van der Waals surface area contributed by atoms with Crippen molar-refractivity contribution in [2.24, 2.45) is 0 Å². The van der Waals surface area contributed by atoms with E-state index in [1.54, 1.807) is 38.4 Å². The molecular formula is C17H17BrN2O2. The monoisotopic (exact) mass is 360 g/mol. The molecule has 22 heavy (non-hydrogen) atoms. The van der Waals surface area contributed by atoms with Crippen molar-refractivity contribution in [3.63, 3.8) is 0 Å². The second kappa shape index (κ2) is 6.83. The average Bonchev–Trinajstić information content (AvgIpc) is 2.52. The summed E-state index contributed by atoms with van der Waals surface area (Å²) in [7, 11) is 1.62. The summed E-state index contributed by atoms with van der Waals surface area (Å²) in [6.45, 7) is 3.69. The molecule has 1 heterocycles. The maximum absolute atomic E-state index is 12.5. The summed E-state index contributed by atoms with van der Waals surface area (Å²) in [6, 6.07) is 8.49. The normalized spacial score (nSPS) is 11.8. The van der Waals surface area contributed by atoms with Crippen LogP contribution in [0.2, 0.25) is 0 Å². The van der Waals surface area contributed by atoms with Crippen molar-refractivity contribution < 1.29 is 9.59 Å². The Morgan fingerprint density at radius 3 is 2.36 bits per heavy atom. The molecule has 1 atom stereocenters. The number of Topliss-reactive ketones (excluding diaryl/α,β-unsaturated/α-hetero) is 1. The molecule has 0 aliphatic rings. The molecule has 0 N–H and O–H groups in total. The van der Waals surface area contributed by atoms with E-state index in [-0.39, 0.29) is 11.7 Å². The third kappa shape index (κ3) is 3.60. The zero-order chi connectivity index (χ0) is 16.3. The molecule has 0 bridgehead atoms. The largest absolute Gasteiger partial charge is 0.332 e. The number of nitrogens with zero attached hydrogens (tertiary/aromatic N) is 2. The molecule has 0 fully saturated rings. The van der Waals surface area contributed by atoms with E-state index in [0.717, 1.165) is 10.0 Å². The van der Waals surface area contributed by atoms with Crippen LogP contribution in [0.4, 0.5) is 0 Å². The van der Waals surface area contributed by atoms with Gasteiger partial charge < -0.3 is 4.90 Å². The van der Waals surface area contributed by atoms with E-state index in [9.17, 15) is 9.59 Å². The molecule has 0 aliphatic carbocycles. The highest BCUT2D eigenvalue weighted by Gasteiger charge is 2.24. The van der Waals surface area contributed by atoms with Crippen LogP contribution in [0, 0.1) is 6.92 Å². The maximum Gasteiger partial charge on any atom is 0.255 e. The molecule has 0 aliphatic heterocycles. The molecule has 0 radical (unpaired) electrons. The number of benzene rings is 1. The van der Waals surface area contributed by atoms with Gasteiger partial charge in [0.25, 0.3) is 5.91 Å². The number of carbonyl (C=O) groups excluding carboxylic acids is 2. The summed E-state index contributed by atoms with van der Waals surface area (Å²) < 4.78 is 0.726. The highest BCUT2D eigenvalue weighted by molar-refractivity contribution is 9.10. The number of ketones is 1. The van der Waals surface area contributed by atoms with Gasteiger partial charge in [0, 0.05) is 29.5 Å². The zero-order valence-electron chi connectivity index (χ0n) is 12.7. The molecule has 1 amide bonds. The average molecular weight is 361 g/mol. The summed E-state index contributed by atoms with van der Waals surface area (Å²) >= 11 is 3.29. The van der Waals surface area contributed by atoms with Gasteiger partial charge in [0.2, 0.25) is 0 Å². The minimum absolute atomic E-state index is 0.0844. The predicted octanol–water partition coefficient (Wildman–Crippen LogP) is 3.50. The first-order valence-corrected chi connectivity index (χ1v) is 7.68. The summed E-state index contributed by atoms with van der Waals surface area (Å²) in [6.07, 6.45) is 3.10. The number of likely N-dealkylation sites (N-methyl/N-ethyl adjacent to an activating group) is 1. The van der Waals surface area contributed by atoms with Gasteiger partial charge in [0.15, 0.2) is 5.78 Å². The summed E-state index contributed by atoms with van der Waals surface area (Å²) in [5, 5.41) is 0. The van der Waals surface area contributed by atoms with Crippen LogP contribution in [0.25, 0.3) is 0 Å². The van der Waals surface area contributed by atoms with Crippen LogP contribution in [0.5, 0.6) is 0 Å². The van der Waals surface area contributed by atoms with Gasteiger partial charge in [0.05, 0.1) is 11.6 Å². The molecule has 2 rings (SSSR count). The Kier molecular flexibility index (Phi) is 5.08. The molecular weight excluding hydrogens is 344 g/mol. The van der Waals surface area contributed by atoms with Gasteiger partial charge in [-0.1, -0.05) is 29.8 Å². The van der Waals surface area contributed by atoms with E-state index in [0.29, 0.717) is 11.1 Å². The van der Waals surface area contributed by atoms with Crippen molar-refractivity contribution in [1.29, 1.82) is 0 Å². The van der Waals surface area contributed by atoms with Crippen molar-refractivity contribution in [2.75, 3.05) is 7.05 Å². The lowest BCUT2D eigenvalue weighted by Gasteiger charge is -2.24. The molecule has 114 valence electrons. The van der Waals surface area contributed by atoms with Crippen molar-refractivity contribution in [2.45, 2.75) is 19.9 Å². The maximum atomic E-state index is 12.5. The molecule has 0 saturated heterocycles. The third-order valence-electron chi connectivity index (χ3n) is 3.57. The fraction of sp³-hybridized carbons (Fsp3) is 0.235. The number of amides is 1. The van der Waals surface area contributed by atoms with Crippen LogP contribution in [-0.4, -0.2) is 34.7 Å². The molecule has 4 nitrogen and oxygen atoms in total. The quantitative estimate of drug-likeness (QED) is 0.784. The fourth-order valence-corrected chi connectivity index (χ4v) is 2.41. The first kappa shape index (κ1) is 16.4. The molecule has 0 spiro atoms. The van der Waals surface area contributed by atoms with E-state index in [2.05, 4.69) is 20.9 Å². The second-order valence-electron chi connectivity index (χ2n) is 5.21. The highest BCUT2D eigenvalue weighted by atomic mass is 79.9. The van der Waals surface area contributed by atoms with Gasteiger partial charge in [0.1, 0.15) is 0 Å². The lowest BCUT2D eigenvalue weighted by atomic mass is 10.0.